The summed E-state index contributed by atoms with van der Waals surface area (Å²) in [6.45, 7) is 4.26. The Balaban J connectivity index is 1.83. The van der Waals surface area contributed by atoms with E-state index in [1.165, 1.54) is 29.7 Å². The third kappa shape index (κ3) is 3.77. The lowest BCUT2D eigenvalue weighted by molar-refractivity contribution is 0.339. The SMILES string of the molecule is Cc1cccc(SCC(=N)N2CCCCC2)c1. The van der Waals surface area contributed by atoms with Crippen molar-refractivity contribution < 1.29 is 0 Å². The molecule has 2 nitrogen and oxygen atoms in total. The summed E-state index contributed by atoms with van der Waals surface area (Å²) in [4.78, 5) is 3.50. The molecule has 0 aromatic heterocycles. The summed E-state index contributed by atoms with van der Waals surface area (Å²) in [6.07, 6.45) is 3.82. The normalized spacial score (nSPS) is 15.9. The minimum atomic E-state index is 0.788. The van der Waals surface area contributed by atoms with Crippen molar-refractivity contribution in [2.75, 3.05) is 18.8 Å². The number of thioether (sulfide) groups is 1. The van der Waals surface area contributed by atoms with Crippen LogP contribution >= 0.6 is 11.8 Å². The maximum Gasteiger partial charge on any atom is 0.106 e. The molecule has 1 fully saturated rings. The van der Waals surface area contributed by atoms with Crippen LogP contribution in [0, 0.1) is 12.3 Å². The molecule has 1 heterocycles. The van der Waals surface area contributed by atoms with Crippen molar-refractivity contribution in [3.05, 3.63) is 29.8 Å². The predicted octanol–water partition coefficient (Wildman–Crippen LogP) is 3.55. The van der Waals surface area contributed by atoms with Crippen LogP contribution in [0.15, 0.2) is 29.2 Å². The van der Waals surface area contributed by atoms with Gasteiger partial charge in [-0.1, -0.05) is 17.7 Å². The summed E-state index contributed by atoms with van der Waals surface area (Å²) in [6, 6.07) is 8.51. The van der Waals surface area contributed by atoms with Crippen LogP contribution in [0.1, 0.15) is 24.8 Å². The van der Waals surface area contributed by atoms with Crippen molar-refractivity contribution in [3.8, 4) is 0 Å². The second-order valence-corrected chi connectivity index (χ2v) is 5.65. The number of hydrogen-bond acceptors (Lipinski definition) is 2. The van der Waals surface area contributed by atoms with Crippen LogP contribution in [0.4, 0.5) is 0 Å². The Morgan fingerprint density at radius 3 is 2.76 bits per heavy atom. The van der Waals surface area contributed by atoms with Crippen LogP contribution in [0.3, 0.4) is 0 Å². The zero-order valence-corrected chi connectivity index (χ0v) is 11.2. The molecule has 3 heteroatoms. The highest BCUT2D eigenvalue weighted by molar-refractivity contribution is 8.00. The molecule has 0 atom stereocenters. The van der Waals surface area contributed by atoms with E-state index in [1.54, 1.807) is 11.8 Å². The maximum atomic E-state index is 8.09. The van der Waals surface area contributed by atoms with Crippen LogP contribution < -0.4 is 0 Å². The fraction of sp³-hybridized carbons (Fsp3) is 0.500. The summed E-state index contributed by atoms with van der Waals surface area (Å²) in [5, 5.41) is 8.09. The first-order valence-corrected chi connectivity index (χ1v) is 7.26. The summed E-state index contributed by atoms with van der Waals surface area (Å²) < 4.78 is 0. The molecule has 1 aliphatic rings. The monoisotopic (exact) mass is 248 g/mol. The van der Waals surface area contributed by atoms with E-state index >= 15 is 0 Å². The highest BCUT2D eigenvalue weighted by Gasteiger charge is 2.13. The van der Waals surface area contributed by atoms with Crippen LogP contribution in [-0.2, 0) is 0 Å². The molecule has 17 heavy (non-hydrogen) atoms. The molecule has 0 bridgehead atoms. The first-order valence-electron chi connectivity index (χ1n) is 6.27. The number of rotatable bonds is 3. The van der Waals surface area contributed by atoms with E-state index in [9.17, 15) is 0 Å². The first kappa shape index (κ1) is 12.5. The number of nitrogens with one attached hydrogen (secondary N) is 1. The lowest BCUT2D eigenvalue weighted by atomic mass is 10.1. The molecule has 1 aromatic rings. The molecule has 0 spiro atoms. The molecule has 1 aliphatic heterocycles. The van der Waals surface area contributed by atoms with E-state index in [2.05, 4.69) is 36.1 Å². The second kappa shape index (κ2) is 6.10. The van der Waals surface area contributed by atoms with E-state index in [-0.39, 0.29) is 0 Å². The van der Waals surface area contributed by atoms with Gasteiger partial charge >= 0.3 is 0 Å². The third-order valence-electron chi connectivity index (χ3n) is 3.10. The van der Waals surface area contributed by atoms with Gasteiger partial charge in [0.25, 0.3) is 0 Å². The van der Waals surface area contributed by atoms with Crippen molar-refractivity contribution in [1.29, 1.82) is 5.41 Å². The molecule has 2 rings (SSSR count). The summed E-state index contributed by atoms with van der Waals surface area (Å²) >= 11 is 1.77. The van der Waals surface area contributed by atoms with Gasteiger partial charge in [-0.25, -0.2) is 0 Å². The van der Waals surface area contributed by atoms with Gasteiger partial charge in [0.1, 0.15) is 5.84 Å². The molecule has 1 N–H and O–H groups in total. The highest BCUT2D eigenvalue weighted by atomic mass is 32.2. The Labute approximate surface area is 108 Å². The maximum absolute atomic E-state index is 8.09. The molecule has 0 radical (unpaired) electrons. The lowest BCUT2D eigenvalue weighted by Gasteiger charge is -2.28. The number of likely N-dealkylation sites (tertiary alicyclic amines) is 1. The minimum Gasteiger partial charge on any atom is -0.360 e. The topological polar surface area (TPSA) is 27.1 Å². The third-order valence-corrected chi connectivity index (χ3v) is 4.11. The van der Waals surface area contributed by atoms with Crippen LogP contribution in [0.25, 0.3) is 0 Å². The van der Waals surface area contributed by atoms with Crippen molar-refractivity contribution in [2.45, 2.75) is 31.1 Å². The van der Waals surface area contributed by atoms with Crippen LogP contribution in [0.2, 0.25) is 0 Å². The second-order valence-electron chi connectivity index (χ2n) is 4.60. The molecular weight excluding hydrogens is 228 g/mol. The number of hydrogen-bond donors (Lipinski definition) is 1. The quantitative estimate of drug-likeness (QED) is 0.503. The van der Waals surface area contributed by atoms with E-state index in [4.69, 9.17) is 5.41 Å². The summed E-state index contributed by atoms with van der Waals surface area (Å²) in [5.74, 6) is 1.58. The van der Waals surface area contributed by atoms with E-state index in [0.717, 1.165) is 24.7 Å². The molecule has 1 aromatic carbocycles. The predicted molar refractivity (Wildman–Crippen MR) is 75.1 cm³/mol. The first-order chi connectivity index (χ1) is 8.25. The van der Waals surface area contributed by atoms with Crippen molar-refractivity contribution in [2.24, 2.45) is 0 Å². The molecule has 92 valence electrons. The standard InChI is InChI=1S/C14H20N2S/c1-12-6-5-7-13(10-12)17-11-14(15)16-8-3-2-4-9-16/h5-7,10,15H,2-4,8-9,11H2,1H3. The van der Waals surface area contributed by atoms with Gasteiger partial charge in [-0.3, -0.25) is 5.41 Å². The van der Waals surface area contributed by atoms with Crippen LogP contribution in [-0.4, -0.2) is 29.6 Å². The molecular formula is C14H20N2S. The fourth-order valence-corrected chi connectivity index (χ4v) is 3.04. The molecule has 1 saturated heterocycles. The Morgan fingerprint density at radius 1 is 1.29 bits per heavy atom. The van der Waals surface area contributed by atoms with Gasteiger partial charge in [0.2, 0.25) is 0 Å². The number of piperidine rings is 1. The largest absolute Gasteiger partial charge is 0.360 e. The summed E-state index contributed by atoms with van der Waals surface area (Å²) in [5.41, 5.74) is 1.29. The number of benzene rings is 1. The van der Waals surface area contributed by atoms with Gasteiger partial charge in [-0.2, -0.15) is 0 Å². The lowest BCUT2D eigenvalue weighted by Crippen LogP contribution is -2.36. The van der Waals surface area contributed by atoms with Crippen molar-refractivity contribution >= 4 is 17.6 Å². The average molecular weight is 248 g/mol. The molecule has 0 unspecified atom stereocenters. The Bertz CT molecular complexity index is 384. The minimum absolute atomic E-state index is 0.788. The van der Waals surface area contributed by atoms with Gasteiger partial charge in [-0.05, 0) is 38.3 Å². The van der Waals surface area contributed by atoms with Gasteiger partial charge < -0.3 is 4.90 Å². The highest BCUT2D eigenvalue weighted by Crippen LogP contribution is 2.20. The fourth-order valence-electron chi connectivity index (χ4n) is 2.11. The number of aryl methyl sites for hydroxylation is 1. The van der Waals surface area contributed by atoms with E-state index in [0.29, 0.717) is 0 Å². The Morgan fingerprint density at radius 2 is 2.06 bits per heavy atom. The molecule has 0 aliphatic carbocycles. The zero-order valence-electron chi connectivity index (χ0n) is 10.4. The van der Waals surface area contributed by atoms with Gasteiger partial charge in [0.15, 0.2) is 0 Å². The van der Waals surface area contributed by atoms with E-state index < -0.39 is 0 Å². The van der Waals surface area contributed by atoms with Crippen LogP contribution in [0.5, 0.6) is 0 Å². The zero-order chi connectivity index (χ0) is 12.1. The molecule has 0 amide bonds. The van der Waals surface area contributed by atoms with Crippen molar-refractivity contribution in [3.63, 3.8) is 0 Å². The van der Waals surface area contributed by atoms with Gasteiger partial charge in [0.05, 0.1) is 5.75 Å². The van der Waals surface area contributed by atoms with E-state index in [1.807, 2.05) is 0 Å². The number of amidine groups is 1. The smallest absolute Gasteiger partial charge is 0.106 e. The average Bonchev–Trinajstić information content (AvgIpc) is 2.37. The van der Waals surface area contributed by atoms with Crippen molar-refractivity contribution in [1.82, 2.24) is 4.90 Å². The Hall–Kier alpha value is -0.960. The Kier molecular flexibility index (Phi) is 4.49. The number of nitrogens with zero attached hydrogens (tertiary/aromatic N) is 1. The van der Waals surface area contributed by atoms with Gasteiger partial charge in [0, 0.05) is 18.0 Å². The summed E-state index contributed by atoms with van der Waals surface area (Å²) in [7, 11) is 0. The van der Waals surface area contributed by atoms with Gasteiger partial charge in [-0.15, -0.1) is 11.8 Å². The molecule has 0 saturated carbocycles.